The maximum absolute atomic E-state index is 13.3. The Morgan fingerprint density at radius 2 is 1.70 bits per heavy atom. The molecule has 0 fully saturated rings. The molecule has 0 saturated heterocycles. The van der Waals surface area contributed by atoms with Crippen molar-refractivity contribution in [2.75, 3.05) is 5.32 Å². The summed E-state index contributed by atoms with van der Waals surface area (Å²) in [6.07, 6.45) is -1.18. The number of aromatic amines is 1. The molecule has 1 aromatic heterocycles. The van der Waals surface area contributed by atoms with Gasteiger partial charge in [0.05, 0.1) is 0 Å². The van der Waals surface area contributed by atoms with Gasteiger partial charge in [0.25, 0.3) is 5.91 Å². The molecule has 0 aliphatic heterocycles. The van der Waals surface area contributed by atoms with Crippen LogP contribution >= 0.6 is 0 Å². The van der Waals surface area contributed by atoms with Gasteiger partial charge in [-0.1, -0.05) is 44.2 Å². The molecule has 0 aliphatic carbocycles. The highest BCUT2D eigenvalue weighted by molar-refractivity contribution is 5.97. The van der Waals surface area contributed by atoms with Crippen LogP contribution in [0.2, 0.25) is 0 Å². The molecule has 3 rings (SSSR count). The van der Waals surface area contributed by atoms with Crippen molar-refractivity contribution in [1.29, 1.82) is 0 Å². The lowest BCUT2D eigenvalue weighted by atomic mass is 9.80. The average Bonchev–Trinajstić information content (AvgIpc) is 3.18. The SMILES string of the molecule is CC(NC(=O)C(O)c1cc(F)cc(F)c1)C(=O)Nc1cc(CC(C)(C)c2ccccc2)[nH]n1. The van der Waals surface area contributed by atoms with Gasteiger partial charge in [-0.05, 0) is 42.0 Å². The third-order valence-electron chi connectivity index (χ3n) is 5.27. The van der Waals surface area contributed by atoms with E-state index in [-0.39, 0.29) is 16.8 Å². The second-order valence-corrected chi connectivity index (χ2v) is 8.53. The topological polar surface area (TPSA) is 107 Å². The van der Waals surface area contributed by atoms with Gasteiger partial charge in [-0.3, -0.25) is 14.7 Å². The van der Waals surface area contributed by atoms with Crippen molar-refractivity contribution in [2.24, 2.45) is 0 Å². The largest absolute Gasteiger partial charge is 0.378 e. The number of amides is 2. The molecular weight excluding hydrogens is 430 g/mol. The van der Waals surface area contributed by atoms with Crippen LogP contribution in [0.1, 0.15) is 43.7 Å². The van der Waals surface area contributed by atoms with Crippen LogP contribution in [0.25, 0.3) is 0 Å². The summed E-state index contributed by atoms with van der Waals surface area (Å²) in [4.78, 5) is 24.7. The van der Waals surface area contributed by atoms with Crippen LogP contribution in [0.4, 0.5) is 14.6 Å². The predicted octanol–water partition coefficient (Wildman–Crippen LogP) is 3.39. The normalized spacial score (nSPS) is 13.3. The van der Waals surface area contributed by atoms with Crippen molar-refractivity contribution in [3.05, 3.63) is 83.1 Å². The molecule has 33 heavy (non-hydrogen) atoms. The molecule has 2 atom stereocenters. The van der Waals surface area contributed by atoms with Crippen molar-refractivity contribution >= 4 is 17.6 Å². The second-order valence-electron chi connectivity index (χ2n) is 8.53. The number of aliphatic hydroxyl groups excluding tert-OH is 1. The zero-order valence-corrected chi connectivity index (χ0v) is 18.5. The molecule has 174 valence electrons. The van der Waals surface area contributed by atoms with E-state index in [0.717, 1.165) is 17.8 Å². The number of hydrogen-bond donors (Lipinski definition) is 4. The fourth-order valence-electron chi connectivity index (χ4n) is 3.46. The average molecular weight is 456 g/mol. The highest BCUT2D eigenvalue weighted by Crippen LogP contribution is 2.27. The monoisotopic (exact) mass is 456 g/mol. The molecule has 4 N–H and O–H groups in total. The van der Waals surface area contributed by atoms with E-state index >= 15 is 0 Å². The molecule has 9 heteroatoms. The Kier molecular flexibility index (Phi) is 7.23. The van der Waals surface area contributed by atoms with Gasteiger partial charge in [-0.25, -0.2) is 8.78 Å². The first kappa shape index (κ1) is 24.1. The molecule has 7 nitrogen and oxygen atoms in total. The maximum atomic E-state index is 13.3. The molecular formula is C24H26F2N4O3. The van der Waals surface area contributed by atoms with E-state index in [9.17, 15) is 23.5 Å². The Labute approximate surface area is 190 Å². The Morgan fingerprint density at radius 3 is 2.33 bits per heavy atom. The van der Waals surface area contributed by atoms with Crippen LogP contribution in [-0.2, 0) is 21.4 Å². The smallest absolute Gasteiger partial charge is 0.254 e. The molecule has 0 aliphatic rings. The number of aromatic nitrogens is 2. The van der Waals surface area contributed by atoms with Gasteiger partial charge in [-0.2, -0.15) is 5.10 Å². The molecule has 1 heterocycles. The van der Waals surface area contributed by atoms with Gasteiger partial charge < -0.3 is 15.7 Å². The molecule has 2 amide bonds. The first-order valence-corrected chi connectivity index (χ1v) is 10.4. The summed E-state index contributed by atoms with van der Waals surface area (Å²) in [5.74, 6) is -3.09. The standard InChI is InChI=1S/C24H26F2N4O3/c1-14(27-23(33)21(31)15-9-17(25)11-18(26)10-15)22(32)28-20-12-19(29-30-20)13-24(2,3)16-7-5-4-6-8-16/h4-12,14,21,31H,13H2,1-3H3,(H,27,33)(H2,28,29,30,32). The molecule has 3 aromatic rings. The number of rotatable bonds is 8. The van der Waals surface area contributed by atoms with Crippen molar-refractivity contribution in [1.82, 2.24) is 15.5 Å². The summed E-state index contributed by atoms with van der Waals surface area (Å²) in [6, 6.07) is 13.0. The molecule has 2 unspecified atom stereocenters. The van der Waals surface area contributed by atoms with Crippen molar-refractivity contribution in [3.8, 4) is 0 Å². The number of halogens is 2. The Hall–Kier alpha value is -3.59. The summed E-state index contributed by atoms with van der Waals surface area (Å²) >= 11 is 0. The molecule has 0 spiro atoms. The highest BCUT2D eigenvalue weighted by atomic mass is 19.1. The predicted molar refractivity (Wildman–Crippen MR) is 119 cm³/mol. The van der Waals surface area contributed by atoms with Crippen molar-refractivity contribution < 1.29 is 23.5 Å². The van der Waals surface area contributed by atoms with Gasteiger partial charge in [0.15, 0.2) is 11.9 Å². The van der Waals surface area contributed by atoms with E-state index in [0.29, 0.717) is 12.5 Å². The number of aliphatic hydroxyl groups is 1. The van der Waals surface area contributed by atoms with E-state index in [1.165, 1.54) is 12.5 Å². The number of H-pyrrole nitrogens is 1. The van der Waals surface area contributed by atoms with Gasteiger partial charge in [-0.15, -0.1) is 0 Å². The lowest BCUT2D eigenvalue weighted by Crippen LogP contribution is -2.43. The van der Waals surface area contributed by atoms with Crippen LogP contribution < -0.4 is 10.6 Å². The fourth-order valence-corrected chi connectivity index (χ4v) is 3.46. The van der Waals surface area contributed by atoms with Crippen LogP contribution in [0.3, 0.4) is 0 Å². The number of benzene rings is 2. The number of nitrogens with one attached hydrogen (secondary N) is 3. The van der Waals surface area contributed by atoms with Gasteiger partial charge >= 0.3 is 0 Å². The van der Waals surface area contributed by atoms with E-state index in [2.05, 4.69) is 46.8 Å². The van der Waals surface area contributed by atoms with Crippen LogP contribution in [0, 0.1) is 11.6 Å². The first-order chi connectivity index (χ1) is 15.5. The zero-order valence-electron chi connectivity index (χ0n) is 18.5. The lowest BCUT2D eigenvalue weighted by Gasteiger charge is -2.24. The highest BCUT2D eigenvalue weighted by Gasteiger charge is 2.25. The lowest BCUT2D eigenvalue weighted by molar-refractivity contribution is -0.132. The zero-order chi connectivity index (χ0) is 24.2. The van der Waals surface area contributed by atoms with Crippen molar-refractivity contribution in [3.63, 3.8) is 0 Å². The summed E-state index contributed by atoms with van der Waals surface area (Å²) < 4.78 is 26.7. The molecule has 0 bridgehead atoms. The number of hydrogen-bond acceptors (Lipinski definition) is 4. The van der Waals surface area contributed by atoms with Crippen molar-refractivity contribution in [2.45, 2.75) is 44.8 Å². The third-order valence-corrected chi connectivity index (χ3v) is 5.27. The minimum absolute atomic E-state index is 0.164. The second kappa shape index (κ2) is 9.91. The Balaban J connectivity index is 1.58. The van der Waals surface area contributed by atoms with Gasteiger partial charge in [0.2, 0.25) is 5.91 Å². The van der Waals surface area contributed by atoms with E-state index in [1.54, 1.807) is 6.07 Å². The number of carbonyl (C=O) groups excluding carboxylic acids is 2. The molecule has 0 saturated carbocycles. The van der Waals surface area contributed by atoms with Gasteiger partial charge in [0.1, 0.15) is 17.7 Å². The number of carbonyl (C=O) groups is 2. The number of nitrogens with zero attached hydrogens (tertiary/aromatic N) is 1. The van der Waals surface area contributed by atoms with E-state index in [1.807, 2.05) is 18.2 Å². The molecule has 0 radical (unpaired) electrons. The Bertz CT molecular complexity index is 1110. The van der Waals surface area contributed by atoms with Crippen LogP contribution in [0.5, 0.6) is 0 Å². The summed E-state index contributed by atoms with van der Waals surface area (Å²) in [7, 11) is 0. The first-order valence-electron chi connectivity index (χ1n) is 10.4. The quantitative estimate of drug-likeness (QED) is 0.417. The Morgan fingerprint density at radius 1 is 1.06 bits per heavy atom. The van der Waals surface area contributed by atoms with Crippen LogP contribution in [0.15, 0.2) is 54.6 Å². The summed E-state index contributed by atoms with van der Waals surface area (Å²) in [5, 5.41) is 22.0. The maximum Gasteiger partial charge on any atom is 0.254 e. The van der Waals surface area contributed by atoms with Crippen LogP contribution in [-0.4, -0.2) is 33.2 Å². The van der Waals surface area contributed by atoms with E-state index in [4.69, 9.17) is 0 Å². The van der Waals surface area contributed by atoms with Gasteiger partial charge in [0, 0.05) is 17.8 Å². The summed E-state index contributed by atoms with van der Waals surface area (Å²) in [6.45, 7) is 5.63. The minimum Gasteiger partial charge on any atom is -0.378 e. The molecule has 2 aromatic carbocycles. The van der Waals surface area contributed by atoms with E-state index < -0.39 is 35.6 Å². The number of anilines is 1. The fraction of sp³-hybridized carbons (Fsp3) is 0.292. The minimum atomic E-state index is -1.83. The summed E-state index contributed by atoms with van der Waals surface area (Å²) in [5.41, 5.74) is 1.57. The third kappa shape index (κ3) is 6.23.